The third-order valence-corrected chi connectivity index (χ3v) is 3.04. The monoisotopic (exact) mass is 264 g/mol. The van der Waals surface area contributed by atoms with Crippen LogP contribution in [-0.4, -0.2) is 29.1 Å². The predicted octanol–water partition coefficient (Wildman–Crippen LogP) is 2.91. The number of nitrogens with one attached hydrogen (secondary N) is 1. The fraction of sp³-hybridized carbons (Fsp3) is 0.733. The molecular formula is C15H28N4. The SMILES string of the molecule is CCCN(CCC)c1ncc(CNC(C)C)c(C)n1. The molecule has 1 heterocycles. The average molecular weight is 264 g/mol. The van der Waals surface area contributed by atoms with E-state index in [0.29, 0.717) is 6.04 Å². The lowest BCUT2D eigenvalue weighted by atomic mass is 10.2. The first-order valence-corrected chi connectivity index (χ1v) is 7.39. The fourth-order valence-corrected chi connectivity index (χ4v) is 1.97. The Hall–Kier alpha value is -1.16. The van der Waals surface area contributed by atoms with E-state index in [4.69, 9.17) is 0 Å². The molecule has 1 N–H and O–H groups in total. The van der Waals surface area contributed by atoms with Crippen LogP contribution in [0.3, 0.4) is 0 Å². The highest BCUT2D eigenvalue weighted by molar-refractivity contribution is 5.32. The summed E-state index contributed by atoms with van der Waals surface area (Å²) >= 11 is 0. The molecule has 4 nitrogen and oxygen atoms in total. The van der Waals surface area contributed by atoms with Crippen LogP contribution in [0.25, 0.3) is 0 Å². The molecule has 0 atom stereocenters. The first kappa shape index (κ1) is 15.9. The van der Waals surface area contributed by atoms with Crippen LogP contribution in [-0.2, 0) is 6.54 Å². The van der Waals surface area contributed by atoms with Crippen molar-refractivity contribution in [1.29, 1.82) is 0 Å². The summed E-state index contributed by atoms with van der Waals surface area (Å²) < 4.78 is 0. The van der Waals surface area contributed by atoms with Gasteiger partial charge in [-0.3, -0.25) is 0 Å². The molecule has 0 amide bonds. The van der Waals surface area contributed by atoms with E-state index in [1.54, 1.807) is 0 Å². The van der Waals surface area contributed by atoms with E-state index in [1.807, 2.05) is 6.20 Å². The largest absolute Gasteiger partial charge is 0.341 e. The van der Waals surface area contributed by atoms with Gasteiger partial charge < -0.3 is 10.2 Å². The molecule has 0 spiro atoms. The molecule has 108 valence electrons. The van der Waals surface area contributed by atoms with Crippen molar-refractivity contribution >= 4 is 5.95 Å². The number of hydrogen-bond donors (Lipinski definition) is 1. The maximum absolute atomic E-state index is 4.66. The zero-order valence-corrected chi connectivity index (χ0v) is 13.0. The van der Waals surface area contributed by atoms with E-state index in [9.17, 15) is 0 Å². The summed E-state index contributed by atoms with van der Waals surface area (Å²) in [4.78, 5) is 11.5. The van der Waals surface area contributed by atoms with Gasteiger partial charge in [0.2, 0.25) is 5.95 Å². The third kappa shape index (κ3) is 5.15. The quantitative estimate of drug-likeness (QED) is 0.784. The van der Waals surface area contributed by atoms with E-state index >= 15 is 0 Å². The van der Waals surface area contributed by atoms with Crippen molar-refractivity contribution in [3.05, 3.63) is 17.5 Å². The molecule has 0 fully saturated rings. The Labute approximate surface area is 117 Å². The van der Waals surface area contributed by atoms with Gasteiger partial charge in [-0.15, -0.1) is 0 Å². The van der Waals surface area contributed by atoms with Crippen molar-refractivity contribution in [2.45, 2.75) is 60.0 Å². The Bertz CT molecular complexity index is 370. The summed E-state index contributed by atoms with van der Waals surface area (Å²) in [6.07, 6.45) is 4.21. The Morgan fingerprint density at radius 1 is 1.21 bits per heavy atom. The Kier molecular flexibility index (Phi) is 6.78. The van der Waals surface area contributed by atoms with Gasteiger partial charge in [0.25, 0.3) is 0 Å². The Morgan fingerprint density at radius 2 is 1.84 bits per heavy atom. The molecule has 1 rings (SSSR count). The second-order valence-electron chi connectivity index (χ2n) is 5.30. The molecule has 19 heavy (non-hydrogen) atoms. The molecule has 0 saturated carbocycles. The number of nitrogens with zero attached hydrogens (tertiary/aromatic N) is 3. The fourth-order valence-electron chi connectivity index (χ4n) is 1.97. The summed E-state index contributed by atoms with van der Waals surface area (Å²) in [5.41, 5.74) is 2.26. The van der Waals surface area contributed by atoms with Gasteiger partial charge in [-0.1, -0.05) is 27.7 Å². The van der Waals surface area contributed by atoms with Gasteiger partial charge >= 0.3 is 0 Å². The minimum Gasteiger partial charge on any atom is -0.341 e. The van der Waals surface area contributed by atoms with E-state index in [1.165, 1.54) is 5.56 Å². The highest BCUT2D eigenvalue weighted by atomic mass is 15.2. The summed E-state index contributed by atoms with van der Waals surface area (Å²) in [6, 6.07) is 0.482. The van der Waals surface area contributed by atoms with Crippen molar-refractivity contribution in [3.8, 4) is 0 Å². The maximum atomic E-state index is 4.66. The number of anilines is 1. The van der Waals surface area contributed by atoms with E-state index in [2.05, 4.69) is 54.8 Å². The Balaban J connectivity index is 2.78. The molecule has 0 bridgehead atoms. The lowest BCUT2D eigenvalue weighted by molar-refractivity contribution is 0.584. The molecule has 0 aromatic carbocycles. The smallest absolute Gasteiger partial charge is 0.225 e. The molecular weight excluding hydrogens is 236 g/mol. The van der Waals surface area contributed by atoms with E-state index in [-0.39, 0.29) is 0 Å². The second kappa shape index (κ2) is 8.10. The van der Waals surface area contributed by atoms with Gasteiger partial charge in [-0.05, 0) is 19.8 Å². The zero-order valence-electron chi connectivity index (χ0n) is 13.0. The second-order valence-corrected chi connectivity index (χ2v) is 5.30. The maximum Gasteiger partial charge on any atom is 0.225 e. The summed E-state index contributed by atoms with van der Waals surface area (Å²) in [6.45, 7) is 13.6. The lowest BCUT2D eigenvalue weighted by Gasteiger charge is -2.22. The molecule has 0 aliphatic heterocycles. The molecule has 1 aromatic rings. The first-order valence-electron chi connectivity index (χ1n) is 7.39. The summed E-state index contributed by atoms with van der Waals surface area (Å²) in [7, 11) is 0. The molecule has 0 aliphatic rings. The first-order chi connectivity index (χ1) is 9.08. The topological polar surface area (TPSA) is 41.1 Å². The van der Waals surface area contributed by atoms with E-state index in [0.717, 1.165) is 44.1 Å². The van der Waals surface area contributed by atoms with Crippen LogP contribution in [0.2, 0.25) is 0 Å². The van der Waals surface area contributed by atoms with Gasteiger partial charge in [-0.2, -0.15) is 0 Å². The van der Waals surface area contributed by atoms with Crippen LogP contribution in [0.5, 0.6) is 0 Å². The van der Waals surface area contributed by atoms with Crippen LogP contribution in [0.4, 0.5) is 5.95 Å². The van der Waals surface area contributed by atoms with Crippen LogP contribution in [0.1, 0.15) is 51.8 Å². The van der Waals surface area contributed by atoms with E-state index < -0.39 is 0 Å². The van der Waals surface area contributed by atoms with Crippen molar-refractivity contribution < 1.29 is 0 Å². The molecule has 0 saturated heterocycles. The molecule has 1 aromatic heterocycles. The lowest BCUT2D eigenvalue weighted by Crippen LogP contribution is -2.28. The van der Waals surface area contributed by atoms with Crippen molar-refractivity contribution in [3.63, 3.8) is 0 Å². The van der Waals surface area contributed by atoms with Crippen LogP contribution in [0, 0.1) is 6.92 Å². The van der Waals surface area contributed by atoms with Crippen LogP contribution >= 0.6 is 0 Å². The van der Waals surface area contributed by atoms with Gasteiger partial charge in [-0.25, -0.2) is 9.97 Å². The third-order valence-electron chi connectivity index (χ3n) is 3.04. The number of rotatable bonds is 8. The van der Waals surface area contributed by atoms with Gasteiger partial charge in [0.05, 0.1) is 0 Å². The molecule has 0 radical (unpaired) electrons. The minimum atomic E-state index is 0.482. The molecule has 0 unspecified atom stereocenters. The number of hydrogen-bond acceptors (Lipinski definition) is 4. The summed E-state index contributed by atoms with van der Waals surface area (Å²) in [5.74, 6) is 0.870. The van der Waals surface area contributed by atoms with Crippen LogP contribution < -0.4 is 10.2 Å². The zero-order chi connectivity index (χ0) is 14.3. The van der Waals surface area contributed by atoms with Crippen LogP contribution in [0.15, 0.2) is 6.20 Å². The average Bonchev–Trinajstić information content (AvgIpc) is 2.37. The highest BCUT2D eigenvalue weighted by Crippen LogP contribution is 2.12. The van der Waals surface area contributed by atoms with Crippen molar-refractivity contribution in [2.75, 3.05) is 18.0 Å². The standard InChI is InChI=1S/C15H28N4/c1-6-8-19(9-7-2)15-17-11-14(13(5)18-15)10-16-12(3)4/h11-12,16H,6-10H2,1-5H3. The number of aromatic nitrogens is 2. The van der Waals surface area contributed by atoms with Gasteiger partial charge in [0.1, 0.15) is 0 Å². The molecule has 4 heteroatoms. The Morgan fingerprint density at radius 3 is 2.32 bits per heavy atom. The minimum absolute atomic E-state index is 0.482. The molecule has 0 aliphatic carbocycles. The van der Waals surface area contributed by atoms with Crippen molar-refractivity contribution in [1.82, 2.24) is 15.3 Å². The number of aryl methyl sites for hydroxylation is 1. The normalized spacial score (nSPS) is 11.1. The summed E-state index contributed by atoms with van der Waals surface area (Å²) in [5, 5.41) is 3.41. The highest BCUT2D eigenvalue weighted by Gasteiger charge is 2.10. The van der Waals surface area contributed by atoms with Gasteiger partial charge in [0.15, 0.2) is 0 Å². The predicted molar refractivity (Wildman–Crippen MR) is 81.5 cm³/mol. The van der Waals surface area contributed by atoms with Gasteiger partial charge in [0, 0.05) is 43.1 Å². The van der Waals surface area contributed by atoms with Crippen molar-refractivity contribution in [2.24, 2.45) is 0 Å².